The van der Waals surface area contributed by atoms with Crippen molar-refractivity contribution in [2.45, 2.75) is 26.7 Å². The van der Waals surface area contributed by atoms with Crippen LogP contribution in [0.15, 0.2) is 24.3 Å². The van der Waals surface area contributed by atoms with Gasteiger partial charge in [-0.25, -0.2) is 0 Å². The number of benzene rings is 1. The van der Waals surface area contributed by atoms with Crippen molar-refractivity contribution in [1.82, 2.24) is 0 Å². The molecule has 0 saturated carbocycles. The third kappa shape index (κ3) is 3.66. The van der Waals surface area contributed by atoms with Crippen molar-refractivity contribution in [3.8, 4) is 0 Å². The summed E-state index contributed by atoms with van der Waals surface area (Å²) in [4.78, 5) is 11.6. The van der Waals surface area contributed by atoms with Crippen molar-refractivity contribution >= 4 is 11.6 Å². The van der Waals surface area contributed by atoms with Gasteiger partial charge in [-0.1, -0.05) is 26.0 Å². The number of nitrogens with one attached hydrogen (secondary N) is 1. The van der Waals surface area contributed by atoms with Crippen LogP contribution >= 0.6 is 0 Å². The monoisotopic (exact) mass is 221 g/mol. The highest BCUT2D eigenvalue weighted by atomic mass is 16.2. The van der Waals surface area contributed by atoms with E-state index in [1.54, 1.807) is 0 Å². The Balaban J connectivity index is 2.58. The van der Waals surface area contributed by atoms with Crippen molar-refractivity contribution < 1.29 is 9.90 Å². The Morgan fingerprint density at radius 3 is 2.50 bits per heavy atom. The molecule has 1 aromatic rings. The summed E-state index contributed by atoms with van der Waals surface area (Å²) in [5, 5.41) is 11.6. The van der Waals surface area contributed by atoms with Crippen LogP contribution in [-0.4, -0.2) is 17.6 Å². The molecule has 1 amide bonds. The highest BCUT2D eigenvalue weighted by Crippen LogP contribution is 2.12. The predicted octanol–water partition coefficient (Wildman–Crippen LogP) is 2.21. The van der Waals surface area contributed by atoms with Gasteiger partial charge in [0, 0.05) is 18.2 Å². The van der Waals surface area contributed by atoms with E-state index in [9.17, 15) is 4.79 Å². The molecule has 0 saturated heterocycles. The molecule has 0 spiro atoms. The van der Waals surface area contributed by atoms with E-state index in [0.29, 0.717) is 6.42 Å². The third-order valence-electron chi connectivity index (χ3n) is 2.68. The molecule has 0 bridgehead atoms. The largest absolute Gasteiger partial charge is 0.396 e. The molecule has 0 fully saturated rings. The summed E-state index contributed by atoms with van der Waals surface area (Å²) in [5.74, 6) is 0.0922. The van der Waals surface area contributed by atoms with Crippen molar-refractivity contribution in [3.05, 3.63) is 29.8 Å². The Kier molecular flexibility index (Phi) is 4.99. The normalized spacial score (nSPS) is 12.2. The number of hydrogen-bond donors (Lipinski definition) is 2. The molecule has 1 unspecified atom stereocenters. The topological polar surface area (TPSA) is 49.3 Å². The fraction of sp³-hybridized carbons (Fsp3) is 0.462. The van der Waals surface area contributed by atoms with E-state index >= 15 is 0 Å². The van der Waals surface area contributed by atoms with Crippen LogP contribution in [0.1, 0.15) is 25.8 Å². The smallest absolute Gasteiger partial charge is 0.227 e. The second kappa shape index (κ2) is 6.28. The quantitative estimate of drug-likeness (QED) is 0.800. The first kappa shape index (κ1) is 12.7. The summed E-state index contributed by atoms with van der Waals surface area (Å²) < 4.78 is 0. The molecule has 1 aromatic carbocycles. The minimum absolute atomic E-state index is 0.0390. The van der Waals surface area contributed by atoms with Gasteiger partial charge >= 0.3 is 0 Å². The predicted molar refractivity (Wildman–Crippen MR) is 65.3 cm³/mol. The molecular weight excluding hydrogens is 202 g/mol. The summed E-state index contributed by atoms with van der Waals surface area (Å²) >= 11 is 0. The van der Waals surface area contributed by atoms with Gasteiger partial charge in [-0.2, -0.15) is 0 Å². The summed E-state index contributed by atoms with van der Waals surface area (Å²) in [6.45, 7) is 4.06. The first-order valence-corrected chi connectivity index (χ1v) is 5.68. The third-order valence-corrected chi connectivity index (χ3v) is 2.68. The van der Waals surface area contributed by atoms with Crippen LogP contribution < -0.4 is 5.32 Å². The van der Waals surface area contributed by atoms with Crippen molar-refractivity contribution in [2.24, 2.45) is 5.92 Å². The fourth-order valence-electron chi connectivity index (χ4n) is 1.33. The number of rotatable bonds is 5. The Bertz CT molecular complexity index is 332. The van der Waals surface area contributed by atoms with Crippen LogP contribution in [-0.2, 0) is 11.2 Å². The lowest BCUT2D eigenvalue weighted by Crippen LogP contribution is -2.19. The Labute approximate surface area is 96.5 Å². The molecule has 0 aromatic heterocycles. The second-order valence-corrected chi connectivity index (χ2v) is 3.97. The maximum Gasteiger partial charge on any atom is 0.227 e. The minimum atomic E-state index is 0.0390. The SMILES string of the molecule is CCC(C)C(=O)Nc1ccc(CCO)cc1. The van der Waals surface area contributed by atoms with Gasteiger partial charge in [0.15, 0.2) is 0 Å². The highest BCUT2D eigenvalue weighted by molar-refractivity contribution is 5.92. The van der Waals surface area contributed by atoms with E-state index in [2.05, 4.69) is 5.32 Å². The molecule has 0 aliphatic carbocycles. The van der Waals surface area contributed by atoms with Crippen molar-refractivity contribution in [2.75, 3.05) is 11.9 Å². The van der Waals surface area contributed by atoms with E-state index in [1.165, 1.54) is 0 Å². The van der Waals surface area contributed by atoms with Gasteiger partial charge in [-0.15, -0.1) is 0 Å². The van der Waals surface area contributed by atoms with Gasteiger partial charge in [0.25, 0.3) is 0 Å². The van der Waals surface area contributed by atoms with Gasteiger partial charge in [0.05, 0.1) is 0 Å². The van der Waals surface area contributed by atoms with Crippen LogP contribution in [0, 0.1) is 5.92 Å². The molecule has 0 aliphatic rings. The lowest BCUT2D eigenvalue weighted by molar-refractivity contribution is -0.119. The average Bonchev–Trinajstić information content (AvgIpc) is 2.31. The molecule has 2 N–H and O–H groups in total. The highest BCUT2D eigenvalue weighted by Gasteiger charge is 2.09. The van der Waals surface area contributed by atoms with Crippen LogP contribution in [0.2, 0.25) is 0 Å². The van der Waals surface area contributed by atoms with Crippen LogP contribution in [0.25, 0.3) is 0 Å². The van der Waals surface area contributed by atoms with E-state index < -0.39 is 0 Å². The summed E-state index contributed by atoms with van der Waals surface area (Å²) in [6.07, 6.45) is 1.49. The maximum absolute atomic E-state index is 11.6. The average molecular weight is 221 g/mol. The zero-order valence-corrected chi connectivity index (χ0v) is 9.86. The minimum Gasteiger partial charge on any atom is -0.396 e. The molecule has 3 nitrogen and oxygen atoms in total. The summed E-state index contributed by atoms with van der Waals surface area (Å²) in [7, 11) is 0. The number of amides is 1. The first-order valence-electron chi connectivity index (χ1n) is 5.68. The fourth-order valence-corrected chi connectivity index (χ4v) is 1.33. The number of carbonyl (C=O) groups excluding carboxylic acids is 1. The summed E-state index contributed by atoms with van der Waals surface area (Å²) in [6, 6.07) is 7.57. The number of carbonyl (C=O) groups is 1. The molecule has 1 atom stereocenters. The van der Waals surface area contributed by atoms with E-state index in [1.807, 2.05) is 38.1 Å². The lowest BCUT2D eigenvalue weighted by Gasteiger charge is -2.10. The van der Waals surface area contributed by atoms with Gasteiger partial charge in [-0.3, -0.25) is 4.79 Å². The zero-order valence-electron chi connectivity index (χ0n) is 9.86. The lowest BCUT2D eigenvalue weighted by atomic mass is 10.1. The number of anilines is 1. The number of hydrogen-bond acceptors (Lipinski definition) is 2. The van der Waals surface area contributed by atoms with Crippen LogP contribution in [0.4, 0.5) is 5.69 Å². The van der Waals surface area contributed by atoms with Crippen molar-refractivity contribution in [3.63, 3.8) is 0 Å². The van der Waals surface area contributed by atoms with Crippen molar-refractivity contribution in [1.29, 1.82) is 0 Å². The zero-order chi connectivity index (χ0) is 12.0. The van der Waals surface area contributed by atoms with E-state index in [0.717, 1.165) is 17.7 Å². The number of aliphatic hydroxyl groups excluding tert-OH is 1. The maximum atomic E-state index is 11.6. The number of aliphatic hydroxyl groups is 1. The molecule has 0 radical (unpaired) electrons. The van der Waals surface area contributed by atoms with Gasteiger partial charge in [0.1, 0.15) is 0 Å². The standard InChI is InChI=1S/C13H19NO2/c1-3-10(2)13(16)14-12-6-4-11(5-7-12)8-9-15/h4-7,10,15H,3,8-9H2,1-2H3,(H,14,16). The molecule has 3 heteroatoms. The Morgan fingerprint density at radius 1 is 1.38 bits per heavy atom. The molecule has 0 heterocycles. The van der Waals surface area contributed by atoms with Gasteiger partial charge in [-0.05, 0) is 30.5 Å². The molecule has 1 rings (SSSR count). The van der Waals surface area contributed by atoms with E-state index in [-0.39, 0.29) is 18.4 Å². The molecule has 16 heavy (non-hydrogen) atoms. The second-order valence-electron chi connectivity index (χ2n) is 3.97. The Morgan fingerprint density at radius 2 is 2.00 bits per heavy atom. The Hall–Kier alpha value is -1.35. The van der Waals surface area contributed by atoms with E-state index in [4.69, 9.17) is 5.11 Å². The molecule has 0 aliphatic heterocycles. The van der Waals surface area contributed by atoms with Gasteiger partial charge in [0.2, 0.25) is 5.91 Å². The molecular formula is C13H19NO2. The van der Waals surface area contributed by atoms with Crippen LogP contribution in [0.3, 0.4) is 0 Å². The van der Waals surface area contributed by atoms with Gasteiger partial charge < -0.3 is 10.4 Å². The summed E-state index contributed by atoms with van der Waals surface area (Å²) in [5.41, 5.74) is 1.89. The van der Waals surface area contributed by atoms with Crippen LogP contribution in [0.5, 0.6) is 0 Å². The first-order chi connectivity index (χ1) is 7.67. The molecule has 88 valence electrons.